The molecular weight excluding hydrogens is 226 g/mol. The van der Waals surface area contributed by atoms with E-state index in [4.69, 9.17) is 5.73 Å². The second-order valence-electron chi connectivity index (χ2n) is 3.12. The van der Waals surface area contributed by atoms with E-state index in [0.717, 1.165) is 0 Å². The van der Waals surface area contributed by atoms with Crippen LogP contribution in [0.2, 0.25) is 0 Å². The van der Waals surface area contributed by atoms with Gasteiger partial charge in [-0.05, 0) is 19.5 Å². The average Bonchev–Trinajstić information content (AvgIpc) is 2.25. The van der Waals surface area contributed by atoms with Crippen molar-refractivity contribution >= 4 is 0 Å². The van der Waals surface area contributed by atoms with E-state index in [1.54, 1.807) is 0 Å². The summed E-state index contributed by atoms with van der Waals surface area (Å²) < 4.78 is 51.4. The molecule has 0 amide bonds. The fourth-order valence-electron chi connectivity index (χ4n) is 1.13. The van der Waals surface area contributed by atoms with Crippen LogP contribution in [0.5, 0.6) is 0 Å². The number of halogens is 4. The van der Waals surface area contributed by atoms with E-state index in [0.29, 0.717) is 19.5 Å². The molecule has 0 saturated carbocycles. The van der Waals surface area contributed by atoms with Crippen LogP contribution in [-0.2, 0) is 6.54 Å². The van der Waals surface area contributed by atoms with Gasteiger partial charge in [-0.2, -0.15) is 13.8 Å². The highest BCUT2D eigenvalue weighted by atomic mass is 19.2. The van der Waals surface area contributed by atoms with Crippen molar-refractivity contribution in [1.82, 2.24) is 10.3 Å². The Hall–Kier alpha value is -1.21. The quantitative estimate of drug-likeness (QED) is 0.457. The molecule has 0 spiro atoms. The van der Waals surface area contributed by atoms with Gasteiger partial charge >= 0.3 is 0 Å². The molecular formula is C9H11F4N3. The highest BCUT2D eigenvalue weighted by molar-refractivity contribution is 5.17. The molecule has 1 rings (SSSR count). The standard InChI is InChI=1S/C9H11F4N3/c10-6-5(4-15-3-1-2-14)7(11)9(13)16-8(6)12/h15H,1-4,14H2. The summed E-state index contributed by atoms with van der Waals surface area (Å²) in [5, 5.41) is 2.62. The van der Waals surface area contributed by atoms with Crippen molar-refractivity contribution in [2.75, 3.05) is 13.1 Å². The van der Waals surface area contributed by atoms with Crippen LogP contribution in [0.1, 0.15) is 12.0 Å². The number of rotatable bonds is 5. The second-order valence-corrected chi connectivity index (χ2v) is 3.12. The number of nitrogens with zero attached hydrogens (tertiary/aromatic N) is 1. The minimum atomic E-state index is -1.64. The zero-order valence-corrected chi connectivity index (χ0v) is 8.36. The maximum atomic E-state index is 13.0. The predicted octanol–water partition coefficient (Wildman–Crippen LogP) is 1.08. The monoisotopic (exact) mass is 237 g/mol. The van der Waals surface area contributed by atoms with Gasteiger partial charge in [-0.3, -0.25) is 0 Å². The molecule has 3 N–H and O–H groups in total. The van der Waals surface area contributed by atoms with E-state index in [9.17, 15) is 17.6 Å². The third-order valence-electron chi connectivity index (χ3n) is 1.95. The van der Waals surface area contributed by atoms with Crippen molar-refractivity contribution in [2.24, 2.45) is 5.73 Å². The predicted molar refractivity (Wildman–Crippen MR) is 49.4 cm³/mol. The molecule has 0 radical (unpaired) electrons. The molecule has 0 aromatic carbocycles. The third-order valence-corrected chi connectivity index (χ3v) is 1.95. The molecule has 0 bridgehead atoms. The van der Waals surface area contributed by atoms with Gasteiger partial charge in [0.2, 0.25) is 0 Å². The first-order valence-corrected chi connectivity index (χ1v) is 4.67. The van der Waals surface area contributed by atoms with Crippen LogP contribution in [0.15, 0.2) is 0 Å². The van der Waals surface area contributed by atoms with Gasteiger partial charge in [0, 0.05) is 12.1 Å². The lowest BCUT2D eigenvalue weighted by atomic mass is 10.2. The van der Waals surface area contributed by atoms with Crippen LogP contribution in [0, 0.1) is 23.5 Å². The van der Waals surface area contributed by atoms with Gasteiger partial charge in [0.05, 0.1) is 0 Å². The van der Waals surface area contributed by atoms with Crippen molar-refractivity contribution in [3.63, 3.8) is 0 Å². The molecule has 0 aliphatic heterocycles. The van der Waals surface area contributed by atoms with Gasteiger partial charge in [-0.1, -0.05) is 0 Å². The highest BCUT2D eigenvalue weighted by Crippen LogP contribution is 2.16. The van der Waals surface area contributed by atoms with Gasteiger partial charge in [0.25, 0.3) is 11.9 Å². The molecule has 0 aliphatic carbocycles. The van der Waals surface area contributed by atoms with E-state index >= 15 is 0 Å². The van der Waals surface area contributed by atoms with Crippen molar-refractivity contribution in [1.29, 1.82) is 0 Å². The molecule has 0 fully saturated rings. The Morgan fingerprint density at radius 2 is 1.62 bits per heavy atom. The van der Waals surface area contributed by atoms with Gasteiger partial charge in [-0.15, -0.1) is 0 Å². The summed E-state index contributed by atoms with van der Waals surface area (Å²) in [4.78, 5) is 2.45. The fourth-order valence-corrected chi connectivity index (χ4v) is 1.13. The zero-order valence-electron chi connectivity index (χ0n) is 8.36. The van der Waals surface area contributed by atoms with E-state index in [1.165, 1.54) is 0 Å². The third kappa shape index (κ3) is 2.89. The normalized spacial score (nSPS) is 10.8. The Morgan fingerprint density at radius 3 is 2.12 bits per heavy atom. The van der Waals surface area contributed by atoms with Gasteiger partial charge in [-0.25, -0.2) is 8.78 Å². The molecule has 7 heteroatoms. The Morgan fingerprint density at radius 1 is 1.06 bits per heavy atom. The summed E-state index contributed by atoms with van der Waals surface area (Å²) in [7, 11) is 0. The summed E-state index contributed by atoms with van der Waals surface area (Å²) in [6.07, 6.45) is 0.597. The molecule has 0 aliphatic rings. The molecule has 0 saturated heterocycles. The molecule has 1 aromatic rings. The summed E-state index contributed by atoms with van der Waals surface area (Å²) in [5.74, 6) is -6.23. The number of hydrogen-bond donors (Lipinski definition) is 2. The van der Waals surface area contributed by atoms with E-state index in [2.05, 4.69) is 10.3 Å². The van der Waals surface area contributed by atoms with Crippen molar-refractivity contribution in [2.45, 2.75) is 13.0 Å². The van der Waals surface area contributed by atoms with E-state index in [-0.39, 0.29) is 6.54 Å². The zero-order chi connectivity index (χ0) is 12.1. The summed E-state index contributed by atoms with van der Waals surface area (Å²) in [6.45, 7) is 0.506. The summed E-state index contributed by atoms with van der Waals surface area (Å²) in [6, 6.07) is 0. The lowest BCUT2D eigenvalue weighted by Gasteiger charge is -2.07. The number of nitrogens with one attached hydrogen (secondary N) is 1. The van der Waals surface area contributed by atoms with E-state index < -0.39 is 29.1 Å². The van der Waals surface area contributed by atoms with Gasteiger partial charge < -0.3 is 11.1 Å². The average molecular weight is 237 g/mol. The Balaban J connectivity index is 2.78. The lowest BCUT2D eigenvalue weighted by Crippen LogP contribution is -2.20. The van der Waals surface area contributed by atoms with Crippen LogP contribution in [-0.4, -0.2) is 18.1 Å². The lowest BCUT2D eigenvalue weighted by molar-refractivity contribution is 0.391. The Kier molecular flexibility index (Phi) is 4.63. The van der Waals surface area contributed by atoms with Crippen molar-refractivity contribution in [3.05, 3.63) is 29.1 Å². The minimum Gasteiger partial charge on any atom is -0.330 e. The summed E-state index contributed by atoms with van der Waals surface area (Å²) >= 11 is 0. The van der Waals surface area contributed by atoms with Crippen LogP contribution >= 0.6 is 0 Å². The molecule has 0 unspecified atom stereocenters. The van der Waals surface area contributed by atoms with Gasteiger partial charge in [0.15, 0.2) is 11.6 Å². The summed E-state index contributed by atoms with van der Waals surface area (Å²) in [5.41, 5.74) is 4.51. The number of hydrogen-bond acceptors (Lipinski definition) is 3. The minimum absolute atomic E-state index is 0.311. The molecule has 1 heterocycles. The first kappa shape index (κ1) is 12.9. The molecule has 0 atom stereocenters. The van der Waals surface area contributed by atoms with Crippen molar-refractivity contribution < 1.29 is 17.6 Å². The first-order chi connectivity index (χ1) is 7.57. The molecule has 3 nitrogen and oxygen atoms in total. The van der Waals surface area contributed by atoms with Crippen molar-refractivity contribution in [3.8, 4) is 0 Å². The number of aromatic nitrogens is 1. The van der Waals surface area contributed by atoms with Gasteiger partial charge in [0.1, 0.15) is 0 Å². The maximum Gasteiger partial charge on any atom is 0.252 e. The van der Waals surface area contributed by atoms with Crippen LogP contribution in [0.25, 0.3) is 0 Å². The fraction of sp³-hybridized carbons (Fsp3) is 0.444. The van der Waals surface area contributed by atoms with Crippen LogP contribution in [0.3, 0.4) is 0 Å². The maximum absolute atomic E-state index is 13.0. The largest absolute Gasteiger partial charge is 0.330 e. The van der Waals surface area contributed by atoms with Crippen LogP contribution in [0.4, 0.5) is 17.6 Å². The second kappa shape index (κ2) is 5.76. The van der Waals surface area contributed by atoms with E-state index in [1.807, 2.05) is 0 Å². The first-order valence-electron chi connectivity index (χ1n) is 4.67. The molecule has 90 valence electrons. The highest BCUT2D eigenvalue weighted by Gasteiger charge is 2.19. The Labute approximate surface area is 89.7 Å². The molecule has 1 aromatic heterocycles. The SMILES string of the molecule is NCCCNCc1c(F)c(F)nc(F)c1F. The smallest absolute Gasteiger partial charge is 0.252 e. The molecule has 16 heavy (non-hydrogen) atoms. The topological polar surface area (TPSA) is 50.9 Å². The number of pyridine rings is 1. The van der Waals surface area contributed by atoms with Crippen LogP contribution < -0.4 is 11.1 Å². The Bertz CT molecular complexity index is 344. The number of nitrogens with two attached hydrogens (primary N) is 1.